The molecule has 1 aromatic heterocycles. The predicted molar refractivity (Wildman–Crippen MR) is 70.7 cm³/mol. The van der Waals surface area contributed by atoms with Gasteiger partial charge in [-0.3, -0.25) is 0 Å². The van der Waals surface area contributed by atoms with Gasteiger partial charge in [-0.25, -0.2) is 4.98 Å². The number of rotatable bonds is 3. The molecule has 1 aromatic carbocycles. The highest BCUT2D eigenvalue weighted by Gasteiger charge is 2.10. The Balaban J connectivity index is 2.28. The summed E-state index contributed by atoms with van der Waals surface area (Å²) in [5, 5.41) is 3.08. The minimum atomic E-state index is 0.0641. The molecule has 0 saturated heterocycles. The first-order valence-electron chi connectivity index (χ1n) is 4.95. The van der Waals surface area contributed by atoms with E-state index in [2.05, 4.69) is 38.4 Å². The maximum Gasteiger partial charge on any atom is 0.122 e. The second-order valence-electron chi connectivity index (χ2n) is 3.46. The van der Waals surface area contributed by atoms with Gasteiger partial charge in [-0.15, -0.1) is 11.3 Å². The van der Waals surface area contributed by atoms with Crippen molar-refractivity contribution in [1.82, 2.24) is 4.98 Å². The van der Waals surface area contributed by atoms with E-state index in [4.69, 9.17) is 4.74 Å². The lowest BCUT2D eigenvalue weighted by molar-refractivity contribution is 0.119. The van der Waals surface area contributed by atoms with Gasteiger partial charge in [0.25, 0.3) is 0 Å². The summed E-state index contributed by atoms with van der Waals surface area (Å²) in [7, 11) is 1.70. The Morgan fingerprint density at radius 3 is 2.62 bits per heavy atom. The van der Waals surface area contributed by atoms with E-state index in [-0.39, 0.29) is 6.10 Å². The number of halogens is 1. The zero-order valence-electron chi connectivity index (χ0n) is 9.11. The van der Waals surface area contributed by atoms with Crippen molar-refractivity contribution in [1.29, 1.82) is 0 Å². The minimum absolute atomic E-state index is 0.0641. The summed E-state index contributed by atoms with van der Waals surface area (Å²) in [5.41, 5.74) is 2.14. The van der Waals surface area contributed by atoms with Crippen LogP contribution in [-0.4, -0.2) is 12.1 Å². The molecule has 0 fully saturated rings. The molecule has 0 radical (unpaired) electrons. The molecular formula is C12H12BrNOS. The van der Waals surface area contributed by atoms with Gasteiger partial charge in [-0.1, -0.05) is 28.1 Å². The van der Waals surface area contributed by atoms with Crippen molar-refractivity contribution in [3.05, 3.63) is 39.1 Å². The maximum atomic E-state index is 5.24. The largest absolute Gasteiger partial charge is 0.375 e. The number of benzene rings is 1. The molecule has 0 saturated carbocycles. The van der Waals surface area contributed by atoms with E-state index in [9.17, 15) is 0 Å². The van der Waals surface area contributed by atoms with Crippen LogP contribution in [0.25, 0.3) is 11.3 Å². The number of hydrogen-bond acceptors (Lipinski definition) is 3. The molecule has 1 atom stereocenters. The highest BCUT2D eigenvalue weighted by molar-refractivity contribution is 9.10. The third-order valence-electron chi connectivity index (χ3n) is 2.36. The molecule has 16 heavy (non-hydrogen) atoms. The van der Waals surface area contributed by atoms with Crippen molar-refractivity contribution in [2.75, 3.05) is 7.11 Å². The second kappa shape index (κ2) is 5.08. The van der Waals surface area contributed by atoms with Crippen molar-refractivity contribution >= 4 is 27.3 Å². The summed E-state index contributed by atoms with van der Waals surface area (Å²) in [6, 6.07) is 8.16. The zero-order chi connectivity index (χ0) is 11.5. The lowest BCUT2D eigenvalue weighted by atomic mass is 10.2. The normalized spacial score (nSPS) is 12.7. The smallest absolute Gasteiger partial charge is 0.122 e. The number of thiazole rings is 1. The van der Waals surface area contributed by atoms with Crippen molar-refractivity contribution in [3.8, 4) is 11.3 Å². The van der Waals surface area contributed by atoms with E-state index in [1.165, 1.54) is 0 Å². The molecule has 0 amide bonds. The summed E-state index contributed by atoms with van der Waals surface area (Å²) in [6.45, 7) is 2.00. The van der Waals surface area contributed by atoms with Gasteiger partial charge in [-0.05, 0) is 19.1 Å². The van der Waals surface area contributed by atoms with Crippen molar-refractivity contribution in [2.24, 2.45) is 0 Å². The fourth-order valence-electron chi connectivity index (χ4n) is 1.33. The highest BCUT2D eigenvalue weighted by Crippen LogP contribution is 2.27. The molecule has 0 aliphatic rings. The average Bonchev–Trinajstić information content (AvgIpc) is 2.78. The SMILES string of the molecule is COC(C)c1nc(-c2ccc(Br)cc2)cs1. The summed E-state index contributed by atoms with van der Waals surface area (Å²) in [4.78, 5) is 4.56. The maximum absolute atomic E-state index is 5.24. The molecule has 2 nitrogen and oxygen atoms in total. The average molecular weight is 298 g/mol. The predicted octanol–water partition coefficient (Wildman–Crippen LogP) is 4.28. The van der Waals surface area contributed by atoms with Crippen LogP contribution < -0.4 is 0 Å². The number of nitrogens with zero attached hydrogens (tertiary/aromatic N) is 1. The molecule has 1 heterocycles. The van der Waals surface area contributed by atoms with Crippen LogP contribution in [0.3, 0.4) is 0 Å². The lowest BCUT2D eigenvalue weighted by Crippen LogP contribution is -1.94. The molecule has 0 bridgehead atoms. The molecule has 0 aliphatic carbocycles. The molecule has 2 rings (SSSR count). The molecule has 84 valence electrons. The van der Waals surface area contributed by atoms with Crippen LogP contribution in [-0.2, 0) is 4.74 Å². The van der Waals surface area contributed by atoms with Gasteiger partial charge in [0.15, 0.2) is 0 Å². The number of aromatic nitrogens is 1. The standard InChI is InChI=1S/C12H12BrNOS/c1-8(15-2)12-14-11(7-16-12)9-3-5-10(13)6-4-9/h3-8H,1-2H3. The molecule has 0 aliphatic heterocycles. The minimum Gasteiger partial charge on any atom is -0.375 e. The van der Waals surface area contributed by atoms with Crippen LogP contribution in [0.5, 0.6) is 0 Å². The van der Waals surface area contributed by atoms with E-state index < -0.39 is 0 Å². The Labute approximate surface area is 107 Å². The van der Waals surface area contributed by atoms with Crippen LogP contribution >= 0.6 is 27.3 Å². The molecule has 0 N–H and O–H groups in total. The van der Waals surface area contributed by atoms with Crippen LogP contribution in [0.2, 0.25) is 0 Å². The van der Waals surface area contributed by atoms with Crippen molar-refractivity contribution in [2.45, 2.75) is 13.0 Å². The first-order chi connectivity index (χ1) is 7.70. The van der Waals surface area contributed by atoms with Gasteiger partial charge in [0, 0.05) is 22.5 Å². The van der Waals surface area contributed by atoms with E-state index in [0.29, 0.717) is 0 Å². The molecular weight excluding hydrogens is 286 g/mol. The Kier molecular flexibility index (Phi) is 3.74. The van der Waals surface area contributed by atoms with Gasteiger partial charge >= 0.3 is 0 Å². The van der Waals surface area contributed by atoms with Crippen molar-refractivity contribution in [3.63, 3.8) is 0 Å². The third-order valence-corrected chi connectivity index (χ3v) is 3.90. The number of hydrogen-bond donors (Lipinski definition) is 0. The van der Waals surface area contributed by atoms with E-state index in [0.717, 1.165) is 20.7 Å². The van der Waals surface area contributed by atoms with Gasteiger partial charge in [0.2, 0.25) is 0 Å². The quantitative estimate of drug-likeness (QED) is 0.843. The molecule has 4 heteroatoms. The topological polar surface area (TPSA) is 22.1 Å². The number of methoxy groups -OCH3 is 1. The summed E-state index contributed by atoms with van der Waals surface area (Å²) in [5.74, 6) is 0. The third kappa shape index (κ3) is 2.51. The molecule has 0 spiro atoms. The van der Waals surface area contributed by atoms with Gasteiger partial charge in [0.1, 0.15) is 11.1 Å². The van der Waals surface area contributed by atoms with Crippen molar-refractivity contribution < 1.29 is 4.74 Å². The Hall–Kier alpha value is -0.710. The van der Waals surface area contributed by atoms with E-state index in [1.807, 2.05) is 19.1 Å². The molecule has 1 unspecified atom stereocenters. The number of ether oxygens (including phenoxy) is 1. The van der Waals surface area contributed by atoms with Gasteiger partial charge in [-0.2, -0.15) is 0 Å². The fraction of sp³-hybridized carbons (Fsp3) is 0.250. The van der Waals surface area contributed by atoms with Gasteiger partial charge < -0.3 is 4.74 Å². The summed E-state index contributed by atoms with van der Waals surface area (Å²) < 4.78 is 6.33. The monoisotopic (exact) mass is 297 g/mol. The molecule has 2 aromatic rings. The highest BCUT2D eigenvalue weighted by atomic mass is 79.9. The lowest BCUT2D eigenvalue weighted by Gasteiger charge is -2.03. The van der Waals surface area contributed by atoms with Gasteiger partial charge in [0.05, 0.1) is 5.69 Å². The van der Waals surface area contributed by atoms with Crippen LogP contribution in [0, 0.1) is 0 Å². The summed E-state index contributed by atoms with van der Waals surface area (Å²) >= 11 is 5.05. The zero-order valence-corrected chi connectivity index (χ0v) is 11.5. The van der Waals surface area contributed by atoms with Crippen LogP contribution in [0.4, 0.5) is 0 Å². The van der Waals surface area contributed by atoms with E-state index in [1.54, 1.807) is 18.4 Å². The Morgan fingerprint density at radius 1 is 1.31 bits per heavy atom. The Morgan fingerprint density at radius 2 is 2.00 bits per heavy atom. The first-order valence-corrected chi connectivity index (χ1v) is 6.62. The van der Waals surface area contributed by atoms with E-state index >= 15 is 0 Å². The Bertz CT molecular complexity index is 466. The second-order valence-corrected chi connectivity index (χ2v) is 5.26. The fourth-order valence-corrected chi connectivity index (χ4v) is 2.45. The summed E-state index contributed by atoms with van der Waals surface area (Å²) in [6.07, 6.45) is 0.0641. The van der Waals surface area contributed by atoms with Crippen LogP contribution in [0.15, 0.2) is 34.1 Å². The van der Waals surface area contributed by atoms with Crippen LogP contribution in [0.1, 0.15) is 18.0 Å². The first kappa shape index (κ1) is 11.8.